The first-order valence-corrected chi connectivity index (χ1v) is 6.53. The number of amides is 1. The lowest BCUT2D eigenvalue weighted by atomic mass is 10.1. The summed E-state index contributed by atoms with van der Waals surface area (Å²) in [5, 5.41) is 3.18. The van der Waals surface area contributed by atoms with Gasteiger partial charge in [0.05, 0.1) is 0 Å². The van der Waals surface area contributed by atoms with Crippen LogP contribution in [0.3, 0.4) is 0 Å². The highest BCUT2D eigenvalue weighted by atomic mass is 19.1. The van der Waals surface area contributed by atoms with E-state index in [0.29, 0.717) is 12.6 Å². The van der Waals surface area contributed by atoms with Crippen LogP contribution in [0.25, 0.3) is 0 Å². The van der Waals surface area contributed by atoms with Gasteiger partial charge in [0.25, 0.3) is 5.91 Å². The van der Waals surface area contributed by atoms with E-state index in [0.717, 1.165) is 19.4 Å². The number of carbonyl (C=O) groups is 1. The van der Waals surface area contributed by atoms with Crippen LogP contribution in [0.1, 0.15) is 12.8 Å². The first kappa shape index (κ1) is 13.8. The normalized spacial score (nSPS) is 19.3. The van der Waals surface area contributed by atoms with Gasteiger partial charge in [-0.1, -0.05) is 12.1 Å². The zero-order chi connectivity index (χ0) is 13.7. The first-order chi connectivity index (χ1) is 9.20. The number of para-hydroxylation sites is 1. The molecule has 1 aromatic rings. The molecule has 1 fully saturated rings. The van der Waals surface area contributed by atoms with Crippen molar-refractivity contribution in [3.05, 3.63) is 30.1 Å². The Kier molecular flexibility index (Phi) is 4.74. The van der Waals surface area contributed by atoms with Crippen molar-refractivity contribution in [2.45, 2.75) is 18.9 Å². The van der Waals surface area contributed by atoms with E-state index in [2.05, 4.69) is 5.32 Å². The fraction of sp³-hybridized carbons (Fsp3) is 0.500. The molecule has 2 rings (SSSR count). The van der Waals surface area contributed by atoms with Crippen LogP contribution in [-0.4, -0.2) is 43.6 Å². The summed E-state index contributed by atoms with van der Waals surface area (Å²) in [6, 6.07) is 6.45. The fourth-order valence-electron chi connectivity index (χ4n) is 2.23. The van der Waals surface area contributed by atoms with E-state index in [1.807, 2.05) is 7.05 Å². The molecule has 1 N–H and O–H groups in total. The number of piperidine rings is 1. The van der Waals surface area contributed by atoms with Gasteiger partial charge in [0.15, 0.2) is 18.2 Å². The summed E-state index contributed by atoms with van der Waals surface area (Å²) in [6.07, 6.45) is 2.06. The smallest absolute Gasteiger partial charge is 0.260 e. The second-order valence-corrected chi connectivity index (χ2v) is 4.69. The molecule has 5 heteroatoms. The summed E-state index contributed by atoms with van der Waals surface area (Å²) in [4.78, 5) is 13.8. The standard InChI is InChI=1S/C14H19FN2O2/c1-16-11-5-4-8-17(9-11)14(18)10-19-13-7-3-2-6-12(13)15/h2-3,6-7,11,16H,4-5,8-10H2,1H3. The van der Waals surface area contributed by atoms with Gasteiger partial charge in [-0.25, -0.2) is 4.39 Å². The minimum atomic E-state index is -0.443. The van der Waals surface area contributed by atoms with E-state index in [1.165, 1.54) is 12.1 Å². The third kappa shape index (κ3) is 3.67. The highest BCUT2D eigenvalue weighted by molar-refractivity contribution is 5.77. The monoisotopic (exact) mass is 266 g/mol. The number of nitrogens with zero attached hydrogens (tertiary/aromatic N) is 1. The minimum absolute atomic E-state index is 0.0943. The third-order valence-electron chi connectivity index (χ3n) is 3.37. The van der Waals surface area contributed by atoms with Gasteiger partial charge < -0.3 is 15.0 Å². The number of likely N-dealkylation sites (N-methyl/N-ethyl adjacent to an activating group) is 1. The average molecular weight is 266 g/mol. The van der Waals surface area contributed by atoms with Crippen molar-refractivity contribution in [1.82, 2.24) is 10.2 Å². The average Bonchev–Trinajstić information content (AvgIpc) is 2.46. The maximum Gasteiger partial charge on any atom is 0.260 e. The van der Waals surface area contributed by atoms with Gasteiger partial charge in [-0.05, 0) is 32.0 Å². The van der Waals surface area contributed by atoms with E-state index >= 15 is 0 Å². The molecule has 0 bridgehead atoms. The summed E-state index contributed by atoms with van der Waals surface area (Å²) >= 11 is 0. The van der Waals surface area contributed by atoms with Gasteiger partial charge in [0, 0.05) is 19.1 Å². The lowest BCUT2D eigenvalue weighted by molar-refractivity contribution is -0.134. The molecule has 1 atom stereocenters. The number of benzene rings is 1. The van der Waals surface area contributed by atoms with E-state index < -0.39 is 5.82 Å². The fourth-order valence-corrected chi connectivity index (χ4v) is 2.23. The van der Waals surface area contributed by atoms with Crippen LogP contribution < -0.4 is 10.1 Å². The van der Waals surface area contributed by atoms with E-state index in [9.17, 15) is 9.18 Å². The van der Waals surface area contributed by atoms with Gasteiger partial charge in [-0.15, -0.1) is 0 Å². The molecule has 1 heterocycles. The summed E-state index contributed by atoms with van der Waals surface area (Å²) in [7, 11) is 1.90. The summed E-state index contributed by atoms with van der Waals surface area (Å²) < 4.78 is 18.6. The molecule has 1 amide bonds. The largest absolute Gasteiger partial charge is 0.481 e. The molecule has 1 aromatic carbocycles. The molecule has 0 aromatic heterocycles. The van der Waals surface area contributed by atoms with Crippen molar-refractivity contribution in [3.8, 4) is 5.75 Å². The molecule has 0 saturated carbocycles. The molecule has 1 aliphatic heterocycles. The molecule has 1 aliphatic rings. The van der Waals surface area contributed by atoms with Crippen molar-refractivity contribution in [2.24, 2.45) is 0 Å². The number of nitrogens with one attached hydrogen (secondary N) is 1. The Bertz CT molecular complexity index is 439. The summed E-state index contributed by atoms with van der Waals surface area (Å²) in [6.45, 7) is 1.32. The maximum absolute atomic E-state index is 13.3. The molecule has 0 radical (unpaired) electrons. The van der Waals surface area contributed by atoms with E-state index in [4.69, 9.17) is 4.74 Å². The van der Waals surface area contributed by atoms with Gasteiger partial charge in [0.1, 0.15) is 0 Å². The lowest BCUT2D eigenvalue weighted by Crippen LogP contribution is -2.48. The van der Waals surface area contributed by atoms with Crippen molar-refractivity contribution in [3.63, 3.8) is 0 Å². The van der Waals surface area contributed by atoms with Crippen LogP contribution >= 0.6 is 0 Å². The number of ether oxygens (including phenoxy) is 1. The zero-order valence-electron chi connectivity index (χ0n) is 11.1. The van der Waals surface area contributed by atoms with Crippen LogP contribution in [-0.2, 0) is 4.79 Å². The number of carbonyl (C=O) groups excluding carboxylic acids is 1. The quantitative estimate of drug-likeness (QED) is 0.896. The topological polar surface area (TPSA) is 41.6 Å². The van der Waals surface area contributed by atoms with Crippen molar-refractivity contribution >= 4 is 5.91 Å². The molecule has 0 aliphatic carbocycles. The molecule has 104 valence electrons. The Morgan fingerprint density at radius 3 is 3.05 bits per heavy atom. The molecule has 0 spiro atoms. The Hall–Kier alpha value is -1.62. The first-order valence-electron chi connectivity index (χ1n) is 6.53. The number of likely N-dealkylation sites (tertiary alicyclic amines) is 1. The van der Waals surface area contributed by atoms with Crippen molar-refractivity contribution < 1.29 is 13.9 Å². The predicted molar refractivity (Wildman–Crippen MR) is 70.6 cm³/mol. The van der Waals surface area contributed by atoms with Crippen molar-refractivity contribution in [2.75, 3.05) is 26.7 Å². The van der Waals surface area contributed by atoms with Crippen molar-refractivity contribution in [1.29, 1.82) is 0 Å². The Morgan fingerprint density at radius 1 is 1.53 bits per heavy atom. The molecule has 1 unspecified atom stereocenters. The van der Waals surface area contributed by atoms with E-state index in [-0.39, 0.29) is 18.3 Å². The number of rotatable bonds is 4. The van der Waals surface area contributed by atoms with Gasteiger partial charge in [0.2, 0.25) is 0 Å². The van der Waals surface area contributed by atoms with Crippen LogP contribution in [0.5, 0.6) is 5.75 Å². The van der Waals surface area contributed by atoms with Gasteiger partial charge in [-0.2, -0.15) is 0 Å². The highest BCUT2D eigenvalue weighted by Gasteiger charge is 2.22. The lowest BCUT2D eigenvalue weighted by Gasteiger charge is -2.32. The molecule has 1 saturated heterocycles. The van der Waals surface area contributed by atoms with Crippen LogP contribution in [0.2, 0.25) is 0 Å². The SMILES string of the molecule is CNC1CCCN(C(=O)COc2ccccc2F)C1. The molecule has 19 heavy (non-hydrogen) atoms. The number of hydrogen-bond donors (Lipinski definition) is 1. The Morgan fingerprint density at radius 2 is 2.32 bits per heavy atom. The highest BCUT2D eigenvalue weighted by Crippen LogP contribution is 2.16. The predicted octanol–water partition coefficient (Wildman–Crippen LogP) is 1.41. The Balaban J connectivity index is 1.86. The summed E-state index contributed by atoms with van der Waals surface area (Å²) in [5.41, 5.74) is 0. The van der Waals surface area contributed by atoms with Crippen LogP contribution in [0.4, 0.5) is 4.39 Å². The molecular formula is C14H19FN2O2. The number of halogens is 1. The molecule has 4 nitrogen and oxygen atoms in total. The van der Waals surface area contributed by atoms with Gasteiger partial charge in [-0.3, -0.25) is 4.79 Å². The zero-order valence-corrected chi connectivity index (χ0v) is 11.1. The second kappa shape index (κ2) is 6.52. The molecular weight excluding hydrogens is 247 g/mol. The second-order valence-electron chi connectivity index (χ2n) is 4.69. The minimum Gasteiger partial charge on any atom is -0.481 e. The number of hydrogen-bond acceptors (Lipinski definition) is 3. The van der Waals surface area contributed by atoms with Crippen LogP contribution in [0.15, 0.2) is 24.3 Å². The maximum atomic E-state index is 13.3. The summed E-state index contributed by atoms with van der Waals surface area (Å²) in [5.74, 6) is -0.414. The van der Waals surface area contributed by atoms with E-state index in [1.54, 1.807) is 17.0 Å². The van der Waals surface area contributed by atoms with Gasteiger partial charge >= 0.3 is 0 Å². The Labute approximate surface area is 112 Å². The van der Waals surface area contributed by atoms with Crippen LogP contribution in [0, 0.1) is 5.82 Å². The third-order valence-corrected chi connectivity index (χ3v) is 3.37.